The van der Waals surface area contributed by atoms with Gasteiger partial charge in [0.15, 0.2) is 0 Å². The first-order chi connectivity index (χ1) is 7.49. The van der Waals surface area contributed by atoms with Crippen molar-refractivity contribution in [2.75, 3.05) is 7.05 Å². The molecule has 16 heavy (non-hydrogen) atoms. The topological polar surface area (TPSA) is 57.6 Å². The van der Waals surface area contributed by atoms with Gasteiger partial charge in [0.05, 0.1) is 6.42 Å². The number of Topliss-reactive ketones (excluding diaryl/α,β-unsaturated/α-hetero) is 1. The van der Waals surface area contributed by atoms with Gasteiger partial charge in [-0.3, -0.25) is 9.59 Å². The summed E-state index contributed by atoms with van der Waals surface area (Å²) in [7, 11) is 1.63. The molecule has 0 heterocycles. The van der Waals surface area contributed by atoms with Gasteiger partial charge in [-0.15, -0.1) is 0 Å². The molecule has 0 fully saturated rings. The van der Waals surface area contributed by atoms with E-state index in [9.17, 15) is 14.7 Å². The van der Waals surface area contributed by atoms with Gasteiger partial charge in [-0.1, -0.05) is 12.1 Å². The number of benzene rings is 1. The quantitative estimate of drug-likeness (QED) is 0.780. The molecule has 1 amide bonds. The van der Waals surface area contributed by atoms with E-state index in [0.29, 0.717) is 6.54 Å². The van der Waals surface area contributed by atoms with Crippen molar-refractivity contribution < 1.29 is 14.7 Å². The smallest absolute Gasteiger partial charge is 0.230 e. The fraction of sp³-hybridized carbons (Fsp3) is 0.333. The van der Waals surface area contributed by atoms with E-state index in [2.05, 4.69) is 0 Å². The molecule has 86 valence electrons. The van der Waals surface area contributed by atoms with Crippen molar-refractivity contribution in [3.8, 4) is 5.75 Å². The molecule has 0 saturated heterocycles. The van der Waals surface area contributed by atoms with Gasteiger partial charge in [0.1, 0.15) is 11.5 Å². The van der Waals surface area contributed by atoms with Crippen LogP contribution in [0.3, 0.4) is 0 Å². The fourth-order valence-electron chi connectivity index (χ4n) is 1.36. The molecule has 0 atom stereocenters. The predicted octanol–water partition coefficient (Wildman–Crippen LogP) is 1.33. The lowest BCUT2D eigenvalue weighted by Crippen LogP contribution is -2.27. The van der Waals surface area contributed by atoms with Gasteiger partial charge in [-0.2, -0.15) is 0 Å². The van der Waals surface area contributed by atoms with Crippen molar-refractivity contribution in [1.82, 2.24) is 4.90 Å². The molecule has 4 heteroatoms. The average molecular weight is 221 g/mol. The zero-order valence-electron chi connectivity index (χ0n) is 9.43. The summed E-state index contributed by atoms with van der Waals surface area (Å²) in [5.41, 5.74) is 0.833. The maximum absolute atomic E-state index is 11.5. The van der Waals surface area contributed by atoms with Crippen LogP contribution in [0, 0.1) is 0 Å². The van der Waals surface area contributed by atoms with Gasteiger partial charge in [0, 0.05) is 13.6 Å². The molecule has 0 unspecified atom stereocenters. The lowest BCUT2D eigenvalue weighted by Gasteiger charge is -2.16. The van der Waals surface area contributed by atoms with E-state index < -0.39 is 0 Å². The molecular weight excluding hydrogens is 206 g/mol. The molecule has 0 saturated carbocycles. The lowest BCUT2D eigenvalue weighted by molar-refractivity contribution is -0.134. The molecule has 0 aliphatic heterocycles. The minimum Gasteiger partial charge on any atom is -0.508 e. The molecule has 1 aromatic rings. The molecule has 0 aliphatic rings. The van der Waals surface area contributed by atoms with Gasteiger partial charge in [0.25, 0.3) is 0 Å². The first-order valence-corrected chi connectivity index (χ1v) is 5.00. The maximum Gasteiger partial charge on any atom is 0.230 e. The van der Waals surface area contributed by atoms with Crippen LogP contribution >= 0.6 is 0 Å². The summed E-state index contributed by atoms with van der Waals surface area (Å²) >= 11 is 0. The van der Waals surface area contributed by atoms with Crippen molar-refractivity contribution in [2.45, 2.75) is 19.9 Å². The van der Waals surface area contributed by atoms with Crippen LogP contribution in [0.4, 0.5) is 0 Å². The van der Waals surface area contributed by atoms with Crippen LogP contribution < -0.4 is 0 Å². The van der Waals surface area contributed by atoms with Crippen molar-refractivity contribution >= 4 is 11.7 Å². The minimum absolute atomic E-state index is 0.0741. The third kappa shape index (κ3) is 3.73. The normalized spacial score (nSPS) is 9.88. The Kier molecular flexibility index (Phi) is 4.05. The van der Waals surface area contributed by atoms with Crippen LogP contribution in [0.15, 0.2) is 24.3 Å². The predicted molar refractivity (Wildman–Crippen MR) is 59.9 cm³/mol. The Bertz CT molecular complexity index is 401. The molecule has 4 nitrogen and oxygen atoms in total. The molecule has 0 radical (unpaired) electrons. The molecule has 1 rings (SSSR count). The summed E-state index contributed by atoms with van der Waals surface area (Å²) < 4.78 is 0. The summed E-state index contributed by atoms with van der Waals surface area (Å²) in [6.45, 7) is 1.78. The first-order valence-electron chi connectivity index (χ1n) is 5.00. The van der Waals surface area contributed by atoms with E-state index in [1.807, 2.05) is 6.07 Å². The Labute approximate surface area is 94.5 Å². The highest BCUT2D eigenvalue weighted by Gasteiger charge is 2.11. The minimum atomic E-state index is -0.212. The van der Waals surface area contributed by atoms with Gasteiger partial charge >= 0.3 is 0 Å². The third-order valence-corrected chi connectivity index (χ3v) is 2.16. The van der Waals surface area contributed by atoms with Crippen LogP contribution in [-0.4, -0.2) is 28.7 Å². The molecule has 0 aliphatic carbocycles. The molecule has 1 N–H and O–H groups in total. The lowest BCUT2D eigenvalue weighted by atomic mass is 10.2. The first kappa shape index (κ1) is 12.2. The van der Waals surface area contributed by atoms with E-state index in [0.717, 1.165) is 5.56 Å². The number of nitrogens with zero attached hydrogens (tertiary/aromatic N) is 1. The van der Waals surface area contributed by atoms with Crippen LogP contribution in [-0.2, 0) is 16.1 Å². The highest BCUT2D eigenvalue weighted by molar-refractivity contribution is 5.96. The van der Waals surface area contributed by atoms with Crippen LogP contribution in [0.5, 0.6) is 5.75 Å². The van der Waals surface area contributed by atoms with E-state index in [1.165, 1.54) is 11.8 Å². The van der Waals surface area contributed by atoms with E-state index in [1.54, 1.807) is 25.2 Å². The number of hydrogen-bond acceptors (Lipinski definition) is 3. The molecule has 0 spiro atoms. The van der Waals surface area contributed by atoms with Crippen LogP contribution in [0.2, 0.25) is 0 Å². The van der Waals surface area contributed by atoms with Crippen molar-refractivity contribution in [3.05, 3.63) is 29.8 Å². The molecule has 1 aromatic carbocycles. The number of ketones is 1. The SMILES string of the molecule is CC(=O)CC(=O)N(C)Cc1cccc(O)c1. The highest BCUT2D eigenvalue weighted by Crippen LogP contribution is 2.12. The summed E-state index contributed by atoms with van der Waals surface area (Å²) in [6.07, 6.45) is -0.0741. The van der Waals surface area contributed by atoms with Gasteiger partial charge in [-0.05, 0) is 24.6 Å². The zero-order valence-corrected chi connectivity index (χ0v) is 9.43. The number of amides is 1. The second-order valence-corrected chi connectivity index (χ2v) is 3.80. The van der Waals surface area contributed by atoms with Crippen molar-refractivity contribution in [1.29, 1.82) is 0 Å². The summed E-state index contributed by atoms with van der Waals surface area (Å²) in [4.78, 5) is 23.7. The second-order valence-electron chi connectivity index (χ2n) is 3.80. The number of phenols is 1. The van der Waals surface area contributed by atoms with Gasteiger partial charge < -0.3 is 10.0 Å². The number of carbonyl (C=O) groups is 2. The Balaban J connectivity index is 2.60. The third-order valence-electron chi connectivity index (χ3n) is 2.16. The monoisotopic (exact) mass is 221 g/mol. The second kappa shape index (κ2) is 5.30. The largest absolute Gasteiger partial charge is 0.508 e. The average Bonchev–Trinajstić information content (AvgIpc) is 2.16. The summed E-state index contributed by atoms with van der Waals surface area (Å²) in [5.74, 6) is -0.187. The standard InChI is InChI=1S/C12H15NO3/c1-9(14)6-12(16)13(2)8-10-4-3-5-11(15)7-10/h3-5,7,15H,6,8H2,1-2H3. The Morgan fingerprint density at radius 1 is 1.38 bits per heavy atom. The highest BCUT2D eigenvalue weighted by atomic mass is 16.3. The van der Waals surface area contributed by atoms with Gasteiger partial charge in [0.2, 0.25) is 5.91 Å². The van der Waals surface area contributed by atoms with E-state index >= 15 is 0 Å². The summed E-state index contributed by atoms with van der Waals surface area (Å²) in [6, 6.07) is 6.70. The van der Waals surface area contributed by atoms with Crippen molar-refractivity contribution in [3.63, 3.8) is 0 Å². The Hall–Kier alpha value is -1.84. The molecule has 0 bridgehead atoms. The number of phenolic OH excluding ortho intramolecular Hbond substituents is 1. The van der Waals surface area contributed by atoms with Crippen LogP contribution in [0.1, 0.15) is 18.9 Å². The number of carbonyl (C=O) groups excluding carboxylic acids is 2. The van der Waals surface area contributed by atoms with E-state index in [-0.39, 0.29) is 23.9 Å². The van der Waals surface area contributed by atoms with Crippen molar-refractivity contribution in [2.24, 2.45) is 0 Å². The zero-order chi connectivity index (χ0) is 12.1. The number of rotatable bonds is 4. The Morgan fingerprint density at radius 3 is 2.62 bits per heavy atom. The van der Waals surface area contributed by atoms with Crippen LogP contribution in [0.25, 0.3) is 0 Å². The fourth-order valence-corrected chi connectivity index (χ4v) is 1.36. The number of aromatic hydroxyl groups is 1. The Morgan fingerprint density at radius 2 is 2.06 bits per heavy atom. The van der Waals surface area contributed by atoms with E-state index in [4.69, 9.17) is 0 Å². The van der Waals surface area contributed by atoms with Gasteiger partial charge in [-0.25, -0.2) is 0 Å². The molecule has 0 aromatic heterocycles. The maximum atomic E-state index is 11.5. The summed E-state index contributed by atoms with van der Waals surface area (Å²) in [5, 5.41) is 9.25. The number of hydrogen-bond donors (Lipinski definition) is 1. The molecular formula is C12H15NO3.